The van der Waals surface area contributed by atoms with E-state index in [4.69, 9.17) is 0 Å². The van der Waals surface area contributed by atoms with Crippen LogP contribution in [0.4, 0.5) is 8.78 Å². The highest BCUT2D eigenvalue weighted by Crippen LogP contribution is 2.52. The Bertz CT molecular complexity index is 159. The van der Waals surface area contributed by atoms with Gasteiger partial charge in [0.25, 0.3) is 0 Å². The SMILES string of the molecule is C[C@]1(F)CC1CC1CC(F)C1. The van der Waals surface area contributed by atoms with Crippen LogP contribution < -0.4 is 0 Å². The Balaban J connectivity index is 1.69. The van der Waals surface area contributed by atoms with E-state index in [0.717, 1.165) is 6.42 Å². The van der Waals surface area contributed by atoms with Gasteiger partial charge in [-0.15, -0.1) is 0 Å². The molecular weight excluding hydrogens is 146 g/mol. The number of alkyl halides is 2. The van der Waals surface area contributed by atoms with Gasteiger partial charge in [0.05, 0.1) is 0 Å². The molecule has 0 bridgehead atoms. The molecule has 2 fully saturated rings. The Hall–Kier alpha value is -0.140. The number of halogens is 2. The van der Waals surface area contributed by atoms with Gasteiger partial charge >= 0.3 is 0 Å². The predicted molar refractivity (Wildman–Crippen MR) is 39.9 cm³/mol. The standard InChI is InChI=1S/C9H14F2/c1-9(11)5-7(9)2-6-3-8(10)4-6/h6-8H,2-5H2,1H3/t6?,7?,8?,9-/m0/s1. The van der Waals surface area contributed by atoms with Crippen LogP contribution in [0.3, 0.4) is 0 Å². The summed E-state index contributed by atoms with van der Waals surface area (Å²) in [5, 5.41) is 0. The summed E-state index contributed by atoms with van der Waals surface area (Å²) in [4.78, 5) is 0. The molecule has 11 heavy (non-hydrogen) atoms. The van der Waals surface area contributed by atoms with Crippen LogP contribution in [0.2, 0.25) is 0 Å². The van der Waals surface area contributed by atoms with E-state index in [-0.39, 0.29) is 5.92 Å². The van der Waals surface area contributed by atoms with Crippen LogP contribution in [0.25, 0.3) is 0 Å². The Morgan fingerprint density at radius 2 is 2.00 bits per heavy atom. The second-order valence-electron chi connectivity index (χ2n) is 4.35. The maximum atomic E-state index is 13.0. The summed E-state index contributed by atoms with van der Waals surface area (Å²) in [5.41, 5.74) is -0.901. The molecule has 2 atom stereocenters. The van der Waals surface area contributed by atoms with E-state index < -0.39 is 11.8 Å². The maximum absolute atomic E-state index is 13.0. The molecule has 0 aromatic rings. The van der Waals surface area contributed by atoms with Crippen molar-refractivity contribution in [2.24, 2.45) is 11.8 Å². The Kier molecular flexibility index (Phi) is 1.48. The summed E-state index contributed by atoms with van der Waals surface area (Å²) in [7, 11) is 0. The van der Waals surface area contributed by atoms with Crippen LogP contribution >= 0.6 is 0 Å². The first-order chi connectivity index (χ1) is 5.08. The molecule has 0 aliphatic heterocycles. The minimum Gasteiger partial charge on any atom is -0.247 e. The van der Waals surface area contributed by atoms with E-state index in [0.29, 0.717) is 25.2 Å². The van der Waals surface area contributed by atoms with Crippen LogP contribution in [-0.4, -0.2) is 11.8 Å². The van der Waals surface area contributed by atoms with Crippen molar-refractivity contribution in [3.8, 4) is 0 Å². The van der Waals surface area contributed by atoms with Crippen molar-refractivity contribution in [1.29, 1.82) is 0 Å². The largest absolute Gasteiger partial charge is 0.247 e. The van der Waals surface area contributed by atoms with E-state index in [9.17, 15) is 8.78 Å². The molecule has 0 N–H and O–H groups in total. The summed E-state index contributed by atoms with van der Waals surface area (Å²) < 4.78 is 25.3. The number of rotatable bonds is 2. The zero-order valence-electron chi connectivity index (χ0n) is 6.82. The number of hydrogen-bond acceptors (Lipinski definition) is 0. The molecule has 2 saturated carbocycles. The molecule has 0 nitrogen and oxygen atoms in total. The van der Waals surface area contributed by atoms with Crippen molar-refractivity contribution in [1.82, 2.24) is 0 Å². The van der Waals surface area contributed by atoms with Gasteiger partial charge in [-0.2, -0.15) is 0 Å². The zero-order valence-corrected chi connectivity index (χ0v) is 6.82. The minimum atomic E-state index is -0.901. The van der Waals surface area contributed by atoms with E-state index in [1.807, 2.05) is 0 Å². The maximum Gasteiger partial charge on any atom is 0.111 e. The van der Waals surface area contributed by atoms with Crippen LogP contribution in [0.5, 0.6) is 0 Å². The quantitative estimate of drug-likeness (QED) is 0.582. The first-order valence-corrected chi connectivity index (χ1v) is 4.41. The summed E-state index contributed by atoms with van der Waals surface area (Å²) in [5.74, 6) is 0.743. The molecule has 0 heterocycles. The summed E-state index contributed by atoms with van der Waals surface area (Å²) in [6.45, 7) is 1.66. The predicted octanol–water partition coefficient (Wildman–Crippen LogP) is 2.87. The average Bonchev–Trinajstić information content (AvgIpc) is 2.36. The van der Waals surface area contributed by atoms with Crippen molar-refractivity contribution in [3.05, 3.63) is 0 Å². The van der Waals surface area contributed by atoms with Crippen molar-refractivity contribution < 1.29 is 8.78 Å². The van der Waals surface area contributed by atoms with Crippen LogP contribution in [0, 0.1) is 11.8 Å². The third-order valence-corrected chi connectivity index (χ3v) is 3.13. The Morgan fingerprint density at radius 3 is 2.36 bits per heavy atom. The van der Waals surface area contributed by atoms with Gasteiger partial charge in [0.1, 0.15) is 11.8 Å². The molecule has 0 spiro atoms. The molecule has 2 rings (SSSR count). The van der Waals surface area contributed by atoms with Gasteiger partial charge in [-0.1, -0.05) is 0 Å². The normalized spacial score (nSPS) is 55.4. The van der Waals surface area contributed by atoms with Crippen molar-refractivity contribution in [3.63, 3.8) is 0 Å². The van der Waals surface area contributed by atoms with E-state index in [1.54, 1.807) is 6.92 Å². The summed E-state index contributed by atoms with van der Waals surface area (Å²) in [6.07, 6.45) is 2.43. The van der Waals surface area contributed by atoms with Crippen LogP contribution in [-0.2, 0) is 0 Å². The second kappa shape index (κ2) is 2.18. The molecule has 1 unspecified atom stereocenters. The van der Waals surface area contributed by atoms with E-state index in [1.165, 1.54) is 0 Å². The lowest BCUT2D eigenvalue weighted by molar-refractivity contribution is 0.113. The highest BCUT2D eigenvalue weighted by atomic mass is 19.1. The smallest absolute Gasteiger partial charge is 0.111 e. The van der Waals surface area contributed by atoms with Gasteiger partial charge in [0.2, 0.25) is 0 Å². The fourth-order valence-electron chi connectivity index (χ4n) is 2.00. The number of hydrogen-bond donors (Lipinski definition) is 0. The molecule has 2 heteroatoms. The minimum absolute atomic E-state index is 0.250. The monoisotopic (exact) mass is 160 g/mol. The van der Waals surface area contributed by atoms with Gasteiger partial charge in [-0.05, 0) is 44.4 Å². The Labute approximate surface area is 66.0 Å². The molecule has 0 aromatic carbocycles. The van der Waals surface area contributed by atoms with Crippen LogP contribution in [0.1, 0.15) is 32.6 Å². The third kappa shape index (κ3) is 1.40. The molecule has 0 radical (unpaired) electrons. The molecule has 0 amide bonds. The van der Waals surface area contributed by atoms with Gasteiger partial charge in [0.15, 0.2) is 0 Å². The average molecular weight is 160 g/mol. The Morgan fingerprint density at radius 1 is 1.45 bits per heavy atom. The van der Waals surface area contributed by atoms with Gasteiger partial charge in [-0.25, -0.2) is 8.78 Å². The molecule has 2 aliphatic carbocycles. The molecule has 64 valence electrons. The lowest BCUT2D eigenvalue weighted by atomic mass is 9.79. The summed E-state index contributed by atoms with van der Waals surface area (Å²) in [6, 6.07) is 0. The van der Waals surface area contributed by atoms with E-state index >= 15 is 0 Å². The first-order valence-electron chi connectivity index (χ1n) is 4.41. The van der Waals surface area contributed by atoms with Crippen molar-refractivity contribution in [2.75, 3.05) is 0 Å². The fourth-order valence-corrected chi connectivity index (χ4v) is 2.00. The van der Waals surface area contributed by atoms with Crippen molar-refractivity contribution in [2.45, 2.75) is 44.4 Å². The van der Waals surface area contributed by atoms with E-state index in [2.05, 4.69) is 0 Å². The molecule has 0 aromatic heterocycles. The highest BCUT2D eigenvalue weighted by Gasteiger charge is 2.52. The van der Waals surface area contributed by atoms with Gasteiger partial charge < -0.3 is 0 Å². The second-order valence-corrected chi connectivity index (χ2v) is 4.35. The molecular formula is C9H14F2. The molecule has 0 saturated heterocycles. The lowest BCUT2D eigenvalue weighted by Gasteiger charge is -2.29. The topological polar surface area (TPSA) is 0 Å². The highest BCUT2D eigenvalue weighted by molar-refractivity contribution is 5.02. The van der Waals surface area contributed by atoms with Gasteiger partial charge in [0, 0.05) is 0 Å². The molecule has 2 aliphatic rings. The fraction of sp³-hybridized carbons (Fsp3) is 1.00. The zero-order chi connectivity index (χ0) is 8.06. The lowest BCUT2D eigenvalue weighted by Crippen LogP contribution is -2.25. The van der Waals surface area contributed by atoms with Crippen molar-refractivity contribution >= 4 is 0 Å². The first kappa shape index (κ1) is 7.51. The summed E-state index contributed by atoms with van der Waals surface area (Å²) >= 11 is 0. The third-order valence-electron chi connectivity index (χ3n) is 3.13. The van der Waals surface area contributed by atoms with Crippen LogP contribution in [0.15, 0.2) is 0 Å². The van der Waals surface area contributed by atoms with Gasteiger partial charge in [-0.3, -0.25) is 0 Å².